The molecule has 1 aliphatic heterocycles. The highest BCUT2D eigenvalue weighted by Gasteiger charge is 2.65. The molecule has 0 bridgehead atoms. The molecule has 196 valence electrons. The second kappa shape index (κ2) is 9.74. The van der Waals surface area contributed by atoms with Crippen LogP contribution >= 0.6 is 0 Å². The number of ether oxygens (including phenoxy) is 1. The minimum Gasteiger partial charge on any atom is -0.390 e. The van der Waals surface area contributed by atoms with Crippen molar-refractivity contribution in [2.45, 2.75) is 104 Å². The van der Waals surface area contributed by atoms with Crippen molar-refractivity contribution in [1.82, 2.24) is 0 Å². The lowest BCUT2D eigenvalue weighted by Gasteiger charge is -2.58. The van der Waals surface area contributed by atoms with Gasteiger partial charge in [-0.05, 0) is 72.0 Å². The van der Waals surface area contributed by atoms with Gasteiger partial charge in [0.1, 0.15) is 5.78 Å². The molecular weight excluding hydrogens is 432 g/mol. The zero-order chi connectivity index (χ0) is 25.1. The third-order valence-electron chi connectivity index (χ3n) is 11.0. The van der Waals surface area contributed by atoms with Crippen LogP contribution in [0, 0.1) is 58.7 Å². The summed E-state index contributed by atoms with van der Waals surface area (Å²) in [4.78, 5) is 12.5. The summed E-state index contributed by atoms with van der Waals surface area (Å²) in [5, 5.41) is 45.3. The fourth-order valence-electron chi connectivity index (χ4n) is 8.63. The fraction of sp³-hybridized carbons (Fsp3) is 0.964. The van der Waals surface area contributed by atoms with Gasteiger partial charge in [0.15, 0.2) is 0 Å². The van der Waals surface area contributed by atoms with E-state index in [1.165, 1.54) is 0 Å². The fourth-order valence-corrected chi connectivity index (χ4v) is 8.63. The van der Waals surface area contributed by atoms with Crippen molar-refractivity contribution in [2.24, 2.45) is 58.7 Å². The second-order valence-electron chi connectivity index (χ2n) is 13.1. The van der Waals surface area contributed by atoms with Gasteiger partial charge in [-0.3, -0.25) is 4.79 Å². The summed E-state index contributed by atoms with van der Waals surface area (Å²) in [6.45, 7) is 12.9. The van der Waals surface area contributed by atoms with Crippen LogP contribution in [0.2, 0.25) is 0 Å². The zero-order valence-corrected chi connectivity index (χ0v) is 21.9. The predicted molar refractivity (Wildman–Crippen MR) is 130 cm³/mol. The molecule has 0 radical (unpaired) electrons. The lowest BCUT2D eigenvalue weighted by molar-refractivity contribution is -0.208. The van der Waals surface area contributed by atoms with Crippen LogP contribution in [-0.2, 0) is 9.53 Å². The molecule has 34 heavy (non-hydrogen) atoms. The summed E-state index contributed by atoms with van der Waals surface area (Å²) >= 11 is 0. The van der Waals surface area contributed by atoms with E-state index in [0.29, 0.717) is 19.4 Å². The highest BCUT2D eigenvalue weighted by Crippen LogP contribution is 2.64. The number of ketones is 1. The first-order valence-corrected chi connectivity index (χ1v) is 13.8. The van der Waals surface area contributed by atoms with Gasteiger partial charge < -0.3 is 25.2 Å². The van der Waals surface area contributed by atoms with E-state index in [0.717, 1.165) is 19.3 Å². The maximum absolute atomic E-state index is 12.5. The molecule has 14 atom stereocenters. The van der Waals surface area contributed by atoms with Gasteiger partial charge in [-0.2, -0.15) is 0 Å². The molecule has 0 amide bonds. The average molecular weight is 481 g/mol. The van der Waals surface area contributed by atoms with Crippen molar-refractivity contribution in [3.63, 3.8) is 0 Å². The van der Waals surface area contributed by atoms with Crippen LogP contribution in [0.3, 0.4) is 0 Å². The SMILES string of the molecule is CC(C)[C@@H](C)[C@@H](O)[C@H](O)[C@H](C)[C@@H]1OC[C@H]2CCC(=O)C[C@@H]2[C@H]2[C@H](O)[C@H](O)[C@H]3[C@H](C)CC[C@]3(C)[C@H]12. The first-order valence-electron chi connectivity index (χ1n) is 13.8. The van der Waals surface area contributed by atoms with Crippen LogP contribution in [0.1, 0.15) is 73.6 Å². The summed E-state index contributed by atoms with van der Waals surface area (Å²) in [6, 6.07) is 0. The Morgan fingerprint density at radius 3 is 2.32 bits per heavy atom. The summed E-state index contributed by atoms with van der Waals surface area (Å²) in [5.74, 6) is 0.121. The standard InChI is InChI=1S/C28H48O6/c1-13(2)15(4)23(30)24(31)16(5)27-22-20(19-11-18(29)8-7-17(19)12-34-27)25(32)26(33)21-14(3)9-10-28(21,22)6/h13-17,19-27,30-33H,7-12H2,1-6H3/t14-,15-,16+,17-,19+,20-,21-,22+,23-,24-,25+,26-,27+,28+/m1/s1. The summed E-state index contributed by atoms with van der Waals surface area (Å²) < 4.78 is 6.67. The number of Topliss-reactive ketones (excluding diaryl/α,β-unsaturated/α-hetero) is 1. The Morgan fingerprint density at radius 2 is 1.68 bits per heavy atom. The van der Waals surface area contributed by atoms with Gasteiger partial charge in [0, 0.05) is 18.8 Å². The van der Waals surface area contributed by atoms with E-state index in [9.17, 15) is 25.2 Å². The Labute approximate surface area is 205 Å². The lowest BCUT2D eigenvalue weighted by Crippen LogP contribution is -2.63. The van der Waals surface area contributed by atoms with Crippen molar-refractivity contribution in [3.8, 4) is 0 Å². The maximum Gasteiger partial charge on any atom is 0.133 e. The molecule has 4 N–H and O–H groups in total. The Balaban J connectivity index is 1.76. The van der Waals surface area contributed by atoms with Gasteiger partial charge in [0.25, 0.3) is 0 Å². The molecule has 0 aromatic heterocycles. The molecule has 3 aliphatic carbocycles. The molecule has 1 saturated heterocycles. The van der Waals surface area contributed by atoms with Gasteiger partial charge in [-0.1, -0.05) is 41.5 Å². The predicted octanol–water partition coefficient (Wildman–Crippen LogP) is 3.04. The van der Waals surface area contributed by atoms with Gasteiger partial charge in [0.2, 0.25) is 0 Å². The highest BCUT2D eigenvalue weighted by atomic mass is 16.5. The number of hydrogen-bond acceptors (Lipinski definition) is 6. The molecule has 0 aromatic carbocycles. The van der Waals surface area contributed by atoms with Crippen LogP contribution in [0.15, 0.2) is 0 Å². The maximum atomic E-state index is 12.5. The van der Waals surface area contributed by atoms with E-state index in [1.807, 2.05) is 13.8 Å². The second-order valence-corrected chi connectivity index (χ2v) is 13.1. The molecule has 6 heteroatoms. The average Bonchev–Trinajstić information content (AvgIpc) is 3.00. The van der Waals surface area contributed by atoms with E-state index in [-0.39, 0.29) is 70.6 Å². The first-order chi connectivity index (χ1) is 15.9. The molecule has 4 fully saturated rings. The number of aliphatic hydroxyl groups excluding tert-OH is 4. The quantitative estimate of drug-likeness (QED) is 0.482. The monoisotopic (exact) mass is 480 g/mol. The van der Waals surface area contributed by atoms with Gasteiger partial charge >= 0.3 is 0 Å². The van der Waals surface area contributed by atoms with Crippen LogP contribution in [-0.4, -0.2) is 63.3 Å². The van der Waals surface area contributed by atoms with Crippen LogP contribution in [0.4, 0.5) is 0 Å². The molecule has 0 aromatic rings. The van der Waals surface area contributed by atoms with Gasteiger partial charge in [0.05, 0.1) is 37.1 Å². The normalized spacial score (nSPS) is 48.3. The Hall–Kier alpha value is -0.530. The number of carbonyl (C=O) groups is 1. The van der Waals surface area contributed by atoms with Crippen molar-refractivity contribution in [1.29, 1.82) is 0 Å². The Morgan fingerprint density at radius 1 is 1.00 bits per heavy atom. The van der Waals surface area contributed by atoms with E-state index in [2.05, 4.69) is 27.7 Å². The Kier molecular flexibility index (Phi) is 7.60. The zero-order valence-electron chi connectivity index (χ0n) is 21.9. The molecule has 4 aliphatic rings. The molecule has 4 rings (SSSR count). The van der Waals surface area contributed by atoms with Crippen LogP contribution in [0.25, 0.3) is 0 Å². The topological polar surface area (TPSA) is 107 Å². The van der Waals surface area contributed by atoms with E-state index in [4.69, 9.17) is 4.74 Å². The largest absolute Gasteiger partial charge is 0.390 e. The molecule has 6 nitrogen and oxygen atoms in total. The summed E-state index contributed by atoms with van der Waals surface area (Å²) in [6.07, 6.45) is -0.235. The van der Waals surface area contributed by atoms with Crippen molar-refractivity contribution >= 4 is 5.78 Å². The summed E-state index contributed by atoms with van der Waals surface area (Å²) in [5.41, 5.74) is -0.259. The minimum absolute atomic E-state index is 0.0153. The first kappa shape index (κ1) is 26.5. The van der Waals surface area contributed by atoms with Gasteiger partial charge in [-0.15, -0.1) is 0 Å². The number of carbonyl (C=O) groups excluding carboxylic acids is 1. The van der Waals surface area contributed by atoms with Crippen molar-refractivity contribution < 1.29 is 30.0 Å². The smallest absolute Gasteiger partial charge is 0.133 e. The number of rotatable bonds is 5. The van der Waals surface area contributed by atoms with E-state index < -0.39 is 24.4 Å². The Bertz CT molecular complexity index is 740. The van der Waals surface area contributed by atoms with Gasteiger partial charge in [-0.25, -0.2) is 0 Å². The number of hydrogen-bond donors (Lipinski definition) is 4. The summed E-state index contributed by atoms with van der Waals surface area (Å²) in [7, 11) is 0. The van der Waals surface area contributed by atoms with E-state index >= 15 is 0 Å². The third-order valence-corrected chi connectivity index (χ3v) is 11.0. The molecule has 3 saturated carbocycles. The van der Waals surface area contributed by atoms with E-state index in [1.54, 1.807) is 0 Å². The third kappa shape index (κ3) is 4.19. The van der Waals surface area contributed by atoms with Crippen molar-refractivity contribution in [2.75, 3.05) is 6.61 Å². The highest BCUT2D eigenvalue weighted by molar-refractivity contribution is 5.79. The van der Waals surface area contributed by atoms with Crippen LogP contribution < -0.4 is 0 Å². The number of fused-ring (bicyclic) bond motifs is 5. The van der Waals surface area contributed by atoms with Crippen molar-refractivity contribution in [3.05, 3.63) is 0 Å². The number of aliphatic hydroxyl groups is 4. The molecular formula is C28H48O6. The molecule has 0 spiro atoms. The van der Waals surface area contributed by atoms with Crippen LogP contribution in [0.5, 0.6) is 0 Å². The molecule has 0 unspecified atom stereocenters. The minimum atomic E-state index is -0.949. The molecule has 1 heterocycles. The lowest BCUT2D eigenvalue weighted by atomic mass is 9.49.